The molecule has 0 unspecified atom stereocenters. The first-order valence-corrected chi connectivity index (χ1v) is 6.08. The van der Waals surface area contributed by atoms with Crippen LogP contribution in [0.4, 0.5) is 0 Å². The molecule has 84 valence electrons. The van der Waals surface area contributed by atoms with Gasteiger partial charge in [-0.3, -0.25) is 0 Å². The highest BCUT2D eigenvalue weighted by Gasteiger charge is 2.07. The van der Waals surface area contributed by atoms with Gasteiger partial charge in [0.25, 0.3) is 0 Å². The fraction of sp³-hybridized carbons (Fsp3) is 0.250. The summed E-state index contributed by atoms with van der Waals surface area (Å²) in [5.41, 5.74) is 9.53. The number of rotatable bonds is 4. The van der Waals surface area contributed by atoms with Crippen molar-refractivity contribution < 1.29 is 4.74 Å². The maximum Gasteiger partial charge on any atom is 0.119 e. The van der Waals surface area contributed by atoms with Gasteiger partial charge in [-0.25, -0.2) is 4.98 Å². The predicted octanol–water partition coefficient (Wildman–Crippen LogP) is 2.67. The second-order valence-electron chi connectivity index (χ2n) is 3.29. The Labute approximate surface area is 98.9 Å². The Bertz CT molecular complexity index is 468. The SMILES string of the molecule is CCOc1cccc(-c2scnc2CN)c1. The number of hydrogen-bond acceptors (Lipinski definition) is 4. The third-order valence-corrected chi connectivity index (χ3v) is 3.16. The zero-order valence-corrected chi connectivity index (χ0v) is 9.96. The first kappa shape index (κ1) is 11.1. The second-order valence-corrected chi connectivity index (χ2v) is 4.15. The van der Waals surface area contributed by atoms with Crippen molar-refractivity contribution in [2.45, 2.75) is 13.5 Å². The summed E-state index contributed by atoms with van der Waals surface area (Å²) in [5, 5.41) is 0. The minimum absolute atomic E-state index is 0.470. The Kier molecular flexibility index (Phi) is 3.54. The van der Waals surface area contributed by atoms with E-state index in [1.165, 1.54) is 0 Å². The monoisotopic (exact) mass is 234 g/mol. The van der Waals surface area contributed by atoms with Gasteiger partial charge < -0.3 is 10.5 Å². The van der Waals surface area contributed by atoms with Gasteiger partial charge in [0.15, 0.2) is 0 Å². The summed E-state index contributed by atoms with van der Waals surface area (Å²) in [4.78, 5) is 5.37. The average Bonchev–Trinajstić information content (AvgIpc) is 2.78. The van der Waals surface area contributed by atoms with E-state index in [0.717, 1.165) is 21.9 Å². The standard InChI is InChI=1S/C12H14N2OS/c1-2-15-10-5-3-4-9(6-10)12-11(7-13)14-8-16-12/h3-6,8H,2,7,13H2,1H3. The molecule has 0 saturated carbocycles. The van der Waals surface area contributed by atoms with Crippen molar-refractivity contribution in [1.29, 1.82) is 0 Å². The lowest BCUT2D eigenvalue weighted by Crippen LogP contribution is -1.98. The topological polar surface area (TPSA) is 48.1 Å². The molecule has 1 aromatic heterocycles. The molecule has 16 heavy (non-hydrogen) atoms. The first-order chi connectivity index (χ1) is 7.85. The molecule has 2 N–H and O–H groups in total. The maximum atomic E-state index is 5.64. The van der Waals surface area contributed by atoms with E-state index in [1.807, 2.05) is 30.6 Å². The largest absolute Gasteiger partial charge is 0.494 e. The summed E-state index contributed by atoms with van der Waals surface area (Å²) < 4.78 is 5.47. The molecule has 3 nitrogen and oxygen atoms in total. The van der Waals surface area contributed by atoms with Gasteiger partial charge in [-0.2, -0.15) is 0 Å². The number of thiazole rings is 1. The van der Waals surface area contributed by atoms with Gasteiger partial charge in [-0.1, -0.05) is 12.1 Å². The number of hydrogen-bond donors (Lipinski definition) is 1. The van der Waals surface area contributed by atoms with Crippen LogP contribution in [0.3, 0.4) is 0 Å². The Morgan fingerprint density at radius 1 is 1.44 bits per heavy atom. The van der Waals surface area contributed by atoms with Crippen LogP contribution >= 0.6 is 11.3 Å². The summed E-state index contributed by atoms with van der Waals surface area (Å²) >= 11 is 1.61. The summed E-state index contributed by atoms with van der Waals surface area (Å²) in [6, 6.07) is 8.02. The smallest absolute Gasteiger partial charge is 0.119 e. The zero-order chi connectivity index (χ0) is 11.4. The van der Waals surface area contributed by atoms with Gasteiger partial charge in [0.05, 0.1) is 22.7 Å². The second kappa shape index (κ2) is 5.09. The fourth-order valence-corrected chi connectivity index (χ4v) is 2.36. The molecule has 0 atom stereocenters. The molecular formula is C12H14N2OS. The molecule has 1 aromatic carbocycles. The van der Waals surface area contributed by atoms with Crippen molar-refractivity contribution in [2.75, 3.05) is 6.61 Å². The van der Waals surface area contributed by atoms with E-state index >= 15 is 0 Å². The first-order valence-electron chi connectivity index (χ1n) is 5.20. The number of nitrogens with two attached hydrogens (primary N) is 1. The van der Waals surface area contributed by atoms with Crippen LogP contribution in [-0.4, -0.2) is 11.6 Å². The van der Waals surface area contributed by atoms with E-state index in [0.29, 0.717) is 13.2 Å². The quantitative estimate of drug-likeness (QED) is 0.884. The Balaban J connectivity index is 2.36. The Morgan fingerprint density at radius 2 is 2.31 bits per heavy atom. The molecule has 0 saturated heterocycles. The molecule has 0 radical (unpaired) electrons. The molecular weight excluding hydrogens is 220 g/mol. The van der Waals surface area contributed by atoms with Gasteiger partial charge in [-0.15, -0.1) is 11.3 Å². The Hall–Kier alpha value is -1.39. The maximum absolute atomic E-state index is 5.64. The van der Waals surface area contributed by atoms with Crippen LogP contribution in [0.2, 0.25) is 0 Å². The van der Waals surface area contributed by atoms with Gasteiger partial charge >= 0.3 is 0 Å². The van der Waals surface area contributed by atoms with E-state index in [2.05, 4.69) is 11.1 Å². The van der Waals surface area contributed by atoms with Crippen LogP contribution in [0.1, 0.15) is 12.6 Å². The van der Waals surface area contributed by atoms with E-state index in [4.69, 9.17) is 10.5 Å². The molecule has 4 heteroatoms. The minimum Gasteiger partial charge on any atom is -0.494 e. The lowest BCUT2D eigenvalue weighted by atomic mass is 10.1. The average molecular weight is 234 g/mol. The molecule has 0 spiro atoms. The van der Waals surface area contributed by atoms with E-state index in [9.17, 15) is 0 Å². The Morgan fingerprint density at radius 3 is 3.06 bits per heavy atom. The molecule has 1 heterocycles. The highest BCUT2D eigenvalue weighted by Crippen LogP contribution is 2.29. The normalized spacial score (nSPS) is 10.4. The van der Waals surface area contributed by atoms with Crippen molar-refractivity contribution in [3.8, 4) is 16.2 Å². The van der Waals surface area contributed by atoms with Gasteiger partial charge in [0.1, 0.15) is 5.75 Å². The molecule has 0 fully saturated rings. The van der Waals surface area contributed by atoms with E-state index < -0.39 is 0 Å². The summed E-state index contributed by atoms with van der Waals surface area (Å²) in [6.45, 7) is 3.12. The number of aromatic nitrogens is 1. The highest BCUT2D eigenvalue weighted by atomic mass is 32.1. The molecule has 0 aliphatic rings. The third-order valence-electron chi connectivity index (χ3n) is 2.24. The molecule has 0 bridgehead atoms. The van der Waals surface area contributed by atoms with Crippen LogP contribution in [0.15, 0.2) is 29.8 Å². The van der Waals surface area contributed by atoms with Crippen LogP contribution in [0.25, 0.3) is 10.4 Å². The van der Waals surface area contributed by atoms with Crippen LogP contribution < -0.4 is 10.5 Å². The predicted molar refractivity (Wildman–Crippen MR) is 66.6 cm³/mol. The van der Waals surface area contributed by atoms with Crippen molar-refractivity contribution >= 4 is 11.3 Å². The summed E-state index contributed by atoms with van der Waals surface area (Å²) in [7, 11) is 0. The van der Waals surface area contributed by atoms with Crippen LogP contribution in [0.5, 0.6) is 5.75 Å². The minimum atomic E-state index is 0.470. The number of benzene rings is 1. The number of ether oxygens (including phenoxy) is 1. The van der Waals surface area contributed by atoms with Crippen molar-refractivity contribution in [3.63, 3.8) is 0 Å². The fourth-order valence-electron chi connectivity index (χ4n) is 1.54. The highest BCUT2D eigenvalue weighted by molar-refractivity contribution is 7.13. The molecule has 0 aliphatic heterocycles. The van der Waals surface area contributed by atoms with Crippen LogP contribution in [-0.2, 0) is 6.54 Å². The van der Waals surface area contributed by atoms with Crippen molar-refractivity contribution in [3.05, 3.63) is 35.5 Å². The zero-order valence-electron chi connectivity index (χ0n) is 9.14. The summed E-state index contributed by atoms with van der Waals surface area (Å²) in [5.74, 6) is 0.886. The van der Waals surface area contributed by atoms with E-state index in [-0.39, 0.29) is 0 Å². The van der Waals surface area contributed by atoms with Gasteiger partial charge in [0.2, 0.25) is 0 Å². The summed E-state index contributed by atoms with van der Waals surface area (Å²) in [6.07, 6.45) is 0. The lowest BCUT2D eigenvalue weighted by molar-refractivity contribution is 0.340. The molecule has 0 amide bonds. The van der Waals surface area contributed by atoms with Gasteiger partial charge in [-0.05, 0) is 24.6 Å². The molecule has 2 rings (SSSR count). The molecule has 0 aliphatic carbocycles. The van der Waals surface area contributed by atoms with Crippen molar-refractivity contribution in [2.24, 2.45) is 5.73 Å². The van der Waals surface area contributed by atoms with E-state index in [1.54, 1.807) is 11.3 Å². The third kappa shape index (κ3) is 2.23. The van der Waals surface area contributed by atoms with Crippen LogP contribution in [0, 0.1) is 0 Å². The number of nitrogens with zero attached hydrogens (tertiary/aromatic N) is 1. The lowest BCUT2D eigenvalue weighted by Gasteiger charge is -2.05. The van der Waals surface area contributed by atoms with Crippen molar-refractivity contribution in [1.82, 2.24) is 4.98 Å². The van der Waals surface area contributed by atoms with Gasteiger partial charge in [0, 0.05) is 6.54 Å². The molecule has 2 aromatic rings.